The third-order valence-electron chi connectivity index (χ3n) is 3.79. The van der Waals surface area contributed by atoms with Gasteiger partial charge in [-0.1, -0.05) is 11.6 Å². The summed E-state index contributed by atoms with van der Waals surface area (Å²) < 4.78 is 10.5. The van der Waals surface area contributed by atoms with Crippen LogP contribution in [-0.2, 0) is 4.79 Å². The number of anilines is 2. The van der Waals surface area contributed by atoms with Crippen molar-refractivity contribution in [2.45, 2.75) is 6.92 Å². The van der Waals surface area contributed by atoms with E-state index in [2.05, 4.69) is 5.32 Å². The number of nitrogens with zero attached hydrogens (tertiary/aromatic N) is 1. The molecule has 0 radical (unpaired) electrons. The van der Waals surface area contributed by atoms with Crippen LogP contribution in [0.5, 0.6) is 11.5 Å². The Balaban J connectivity index is 2.24. The molecule has 0 aliphatic carbocycles. The number of benzene rings is 2. The number of aryl methyl sites for hydroxylation is 1. The largest absolute Gasteiger partial charge is 0.493 e. The highest BCUT2D eigenvalue weighted by atomic mass is 35.5. The van der Waals surface area contributed by atoms with Gasteiger partial charge < -0.3 is 25.4 Å². The minimum Gasteiger partial charge on any atom is -0.493 e. The van der Waals surface area contributed by atoms with Crippen LogP contribution in [0.3, 0.4) is 0 Å². The number of halogens is 1. The summed E-state index contributed by atoms with van der Waals surface area (Å²) in [6, 6.07) is 8.56. The first-order valence-corrected chi connectivity index (χ1v) is 8.48. The number of primary amides is 1. The maximum absolute atomic E-state index is 12.6. The number of hydrogen-bond donors (Lipinski definition) is 2. The SMILES string of the molecule is COc1cc(C(=O)Nc2ccc(N(C)C)c(C)c2)cc(Cl)c1OCC(N)=O. The van der Waals surface area contributed by atoms with E-state index in [-0.39, 0.29) is 34.6 Å². The molecule has 0 saturated heterocycles. The number of carbonyl (C=O) groups is 2. The lowest BCUT2D eigenvalue weighted by Crippen LogP contribution is -2.20. The van der Waals surface area contributed by atoms with Crippen LogP contribution >= 0.6 is 11.6 Å². The fraction of sp³-hybridized carbons (Fsp3) is 0.263. The number of ether oxygens (including phenoxy) is 2. The molecule has 2 amide bonds. The molecule has 0 aliphatic rings. The van der Waals surface area contributed by atoms with Crippen molar-refractivity contribution in [3.8, 4) is 11.5 Å². The molecule has 0 saturated carbocycles. The quantitative estimate of drug-likeness (QED) is 0.756. The minimum absolute atomic E-state index is 0.139. The summed E-state index contributed by atoms with van der Waals surface area (Å²) in [6.45, 7) is 1.62. The monoisotopic (exact) mass is 391 g/mol. The molecule has 27 heavy (non-hydrogen) atoms. The van der Waals surface area contributed by atoms with Gasteiger partial charge in [0.1, 0.15) is 0 Å². The molecule has 0 aromatic heterocycles. The van der Waals surface area contributed by atoms with Crippen LogP contribution in [0.15, 0.2) is 30.3 Å². The van der Waals surface area contributed by atoms with Crippen LogP contribution in [0.4, 0.5) is 11.4 Å². The topological polar surface area (TPSA) is 93.9 Å². The van der Waals surface area contributed by atoms with Gasteiger partial charge >= 0.3 is 0 Å². The van der Waals surface area contributed by atoms with Gasteiger partial charge in [0.05, 0.1) is 12.1 Å². The van der Waals surface area contributed by atoms with Gasteiger partial charge in [0, 0.05) is 31.0 Å². The summed E-state index contributed by atoms with van der Waals surface area (Å²) in [5.74, 6) is -0.617. The van der Waals surface area contributed by atoms with Gasteiger partial charge in [0.25, 0.3) is 11.8 Å². The van der Waals surface area contributed by atoms with Crippen molar-refractivity contribution in [2.75, 3.05) is 38.0 Å². The minimum atomic E-state index is -0.647. The molecule has 3 N–H and O–H groups in total. The number of nitrogens with one attached hydrogen (secondary N) is 1. The van der Waals surface area contributed by atoms with Crippen molar-refractivity contribution in [3.05, 3.63) is 46.5 Å². The standard InChI is InChI=1S/C19H22ClN3O4/c1-11-7-13(5-6-15(11)23(2)3)22-19(25)12-8-14(20)18(16(9-12)26-4)27-10-17(21)24/h5-9H,10H2,1-4H3,(H2,21,24)(H,22,25). The summed E-state index contributed by atoms with van der Waals surface area (Å²) >= 11 is 6.18. The molecule has 2 aromatic carbocycles. The van der Waals surface area contributed by atoms with Crippen molar-refractivity contribution in [1.82, 2.24) is 0 Å². The summed E-state index contributed by atoms with van der Waals surface area (Å²) in [6.07, 6.45) is 0. The Bertz CT molecular complexity index is 868. The molecule has 0 unspecified atom stereocenters. The molecular weight excluding hydrogens is 370 g/mol. The maximum atomic E-state index is 12.6. The second-order valence-corrected chi connectivity index (χ2v) is 6.50. The number of nitrogens with two attached hydrogens (primary N) is 1. The van der Waals surface area contributed by atoms with Gasteiger partial charge in [-0.25, -0.2) is 0 Å². The second-order valence-electron chi connectivity index (χ2n) is 6.09. The number of methoxy groups -OCH3 is 1. The van der Waals surface area contributed by atoms with Gasteiger partial charge in [-0.05, 0) is 42.8 Å². The fourth-order valence-electron chi connectivity index (χ4n) is 2.57. The second kappa shape index (κ2) is 8.64. The van der Waals surface area contributed by atoms with Gasteiger partial charge in [-0.2, -0.15) is 0 Å². The molecule has 0 heterocycles. The van der Waals surface area contributed by atoms with Crippen LogP contribution < -0.4 is 25.4 Å². The number of amides is 2. The molecule has 0 atom stereocenters. The molecule has 0 aliphatic heterocycles. The number of rotatable bonds is 7. The Morgan fingerprint density at radius 1 is 1.22 bits per heavy atom. The lowest BCUT2D eigenvalue weighted by Gasteiger charge is -2.17. The normalized spacial score (nSPS) is 10.3. The van der Waals surface area contributed by atoms with E-state index in [4.69, 9.17) is 26.8 Å². The zero-order valence-electron chi connectivity index (χ0n) is 15.6. The predicted molar refractivity (Wildman–Crippen MR) is 106 cm³/mol. The Hall–Kier alpha value is -2.93. The first kappa shape index (κ1) is 20.4. The van der Waals surface area contributed by atoms with Gasteiger partial charge in [0.15, 0.2) is 18.1 Å². The third-order valence-corrected chi connectivity index (χ3v) is 4.07. The van der Waals surface area contributed by atoms with E-state index >= 15 is 0 Å². The van der Waals surface area contributed by atoms with Crippen molar-refractivity contribution in [2.24, 2.45) is 5.73 Å². The van der Waals surface area contributed by atoms with E-state index in [0.29, 0.717) is 5.69 Å². The van der Waals surface area contributed by atoms with E-state index in [0.717, 1.165) is 11.3 Å². The molecule has 0 bridgehead atoms. The van der Waals surface area contributed by atoms with Crippen LogP contribution in [0, 0.1) is 6.92 Å². The van der Waals surface area contributed by atoms with Gasteiger partial charge in [0.2, 0.25) is 0 Å². The number of hydrogen-bond acceptors (Lipinski definition) is 5. The maximum Gasteiger partial charge on any atom is 0.255 e. The molecular formula is C19H22ClN3O4. The Morgan fingerprint density at radius 2 is 1.93 bits per heavy atom. The van der Waals surface area contributed by atoms with Crippen molar-refractivity contribution in [1.29, 1.82) is 0 Å². The summed E-state index contributed by atoms with van der Waals surface area (Å²) in [7, 11) is 5.32. The van der Waals surface area contributed by atoms with Crippen LogP contribution in [0.1, 0.15) is 15.9 Å². The molecule has 2 rings (SSSR count). The lowest BCUT2D eigenvalue weighted by atomic mass is 10.1. The molecule has 8 heteroatoms. The van der Waals surface area contributed by atoms with Crippen LogP contribution in [0.2, 0.25) is 5.02 Å². The van der Waals surface area contributed by atoms with E-state index in [1.54, 1.807) is 0 Å². The van der Waals surface area contributed by atoms with E-state index in [9.17, 15) is 9.59 Å². The highest BCUT2D eigenvalue weighted by molar-refractivity contribution is 6.32. The highest BCUT2D eigenvalue weighted by Gasteiger charge is 2.17. The zero-order valence-corrected chi connectivity index (χ0v) is 16.4. The van der Waals surface area contributed by atoms with E-state index in [1.165, 1.54) is 19.2 Å². The third kappa shape index (κ3) is 5.04. The summed E-state index contributed by atoms with van der Waals surface area (Å²) in [5.41, 5.74) is 8.12. The van der Waals surface area contributed by atoms with Crippen LogP contribution in [0.25, 0.3) is 0 Å². The van der Waals surface area contributed by atoms with Crippen LogP contribution in [-0.4, -0.2) is 39.6 Å². The van der Waals surface area contributed by atoms with Gasteiger partial charge in [-0.15, -0.1) is 0 Å². The van der Waals surface area contributed by atoms with E-state index in [1.807, 2.05) is 44.1 Å². The predicted octanol–water partition coefficient (Wildman–Crippen LogP) is 2.84. The summed E-state index contributed by atoms with van der Waals surface area (Å²) in [4.78, 5) is 25.5. The highest BCUT2D eigenvalue weighted by Crippen LogP contribution is 2.36. The average Bonchev–Trinajstić information content (AvgIpc) is 2.59. The Morgan fingerprint density at radius 3 is 2.48 bits per heavy atom. The van der Waals surface area contributed by atoms with Crippen molar-refractivity contribution < 1.29 is 19.1 Å². The molecule has 2 aromatic rings. The smallest absolute Gasteiger partial charge is 0.255 e. The average molecular weight is 392 g/mol. The molecule has 7 nitrogen and oxygen atoms in total. The zero-order chi connectivity index (χ0) is 20.1. The first-order chi connectivity index (χ1) is 12.7. The van der Waals surface area contributed by atoms with Crippen molar-refractivity contribution >= 4 is 34.8 Å². The Kier molecular flexibility index (Phi) is 6.52. The molecule has 0 spiro atoms. The van der Waals surface area contributed by atoms with Crippen molar-refractivity contribution in [3.63, 3.8) is 0 Å². The Labute approximate surface area is 163 Å². The lowest BCUT2D eigenvalue weighted by molar-refractivity contribution is -0.119. The molecule has 144 valence electrons. The molecule has 0 fully saturated rings. The fourth-order valence-corrected chi connectivity index (χ4v) is 2.84. The van der Waals surface area contributed by atoms with E-state index < -0.39 is 5.91 Å². The van der Waals surface area contributed by atoms with Gasteiger partial charge in [-0.3, -0.25) is 9.59 Å². The number of carbonyl (C=O) groups excluding carboxylic acids is 2. The summed E-state index contributed by atoms with van der Waals surface area (Å²) in [5, 5.41) is 2.97. The first-order valence-electron chi connectivity index (χ1n) is 8.11.